The summed E-state index contributed by atoms with van der Waals surface area (Å²) in [6.07, 6.45) is -5.16. The van der Waals surface area contributed by atoms with Crippen LogP contribution in [-0.2, 0) is 9.31 Å². The first kappa shape index (κ1) is 17.4. The summed E-state index contributed by atoms with van der Waals surface area (Å²) in [5, 5.41) is 13.2. The predicted molar refractivity (Wildman–Crippen MR) is 103 cm³/mol. The molecule has 2 aromatic rings. The molecular weight excluding hydrogens is 384 g/mol. The number of rotatable bonds is 3. The molecular formula is C19H22BF3N4O2. The number of hydrogen-bond acceptors (Lipinski definition) is 5. The second-order valence-corrected chi connectivity index (χ2v) is 7.82. The third-order valence-corrected chi connectivity index (χ3v) is 5.32. The van der Waals surface area contributed by atoms with Gasteiger partial charge in [0.25, 0.3) is 0 Å². The SMILES string of the molecule is [2H]C([2H])([2H])C(n1nc(-c2ccc(B3OC(C)(C)C(C)(C)O3)cc2)c(C#N)c1N)C(F)(F)F. The van der Waals surface area contributed by atoms with E-state index < -0.39 is 43.2 Å². The molecule has 154 valence electrons. The Hall–Kier alpha value is -2.51. The van der Waals surface area contributed by atoms with Gasteiger partial charge in [0.1, 0.15) is 29.2 Å². The molecule has 0 bridgehead atoms. The summed E-state index contributed by atoms with van der Waals surface area (Å²) in [4.78, 5) is 0. The lowest BCUT2D eigenvalue weighted by Gasteiger charge is -2.32. The third-order valence-electron chi connectivity index (χ3n) is 5.32. The van der Waals surface area contributed by atoms with Crippen LogP contribution in [-0.4, -0.2) is 34.3 Å². The van der Waals surface area contributed by atoms with Crippen molar-refractivity contribution in [2.75, 3.05) is 5.73 Å². The zero-order chi connectivity index (χ0) is 24.3. The quantitative estimate of drug-likeness (QED) is 0.786. The molecule has 0 amide bonds. The number of anilines is 1. The van der Waals surface area contributed by atoms with E-state index in [4.69, 9.17) is 19.2 Å². The lowest BCUT2D eigenvalue weighted by atomic mass is 9.78. The predicted octanol–water partition coefficient (Wildman–Crippen LogP) is 3.43. The van der Waals surface area contributed by atoms with Gasteiger partial charge in [0.2, 0.25) is 0 Å². The molecule has 1 aliphatic rings. The second-order valence-electron chi connectivity index (χ2n) is 7.82. The molecule has 0 aliphatic carbocycles. The van der Waals surface area contributed by atoms with Crippen molar-refractivity contribution in [3.63, 3.8) is 0 Å². The zero-order valence-electron chi connectivity index (χ0n) is 19.3. The van der Waals surface area contributed by atoms with E-state index in [0.29, 0.717) is 11.0 Å². The number of nitrogens with two attached hydrogens (primary N) is 1. The van der Waals surface area contributed by atoms with Crippen LogP contribution in [0.4, 0.5) is 19.0 Å². The molecule has 29 heavy (non-hydrogen) atoms. The Kier molecular flexibility index (Phi) is 4.06. The zero-order valence-corrected chi connectivity index (χ0v) is 16.3. The highest BCUT2D eigenvalue weighted by Gasteiger charge is 2.51. The minimum absolute atomic E-state index is 0.149. The van der Waals surface area contributed by atoms with Crippen molar-refractivity contribution < 1.29 is 26.6 Å². The highest BCUT2D eigenvalue weighted by atomic mass is 19.4. The molecule has 2 heterocycles. The van der Waals surface area contributed by atoms with E-state index >= 15 is 0 Å². The van der Waals surface area contributed by atoms with Gasteiger partial charge in [0, 0.05) is 9.68 Å². The van der Waals surface area contributed by atoms with Gasteiger partial charge in [0.15, 0.2) is 0 Å². The van der Waals surface area contributed by atoms with Crippen LogP contribution in [0, 0.1) is 11.3 Å². The van der Waals surface area contributed by atoms with Gasteiger partial charge in [-0.05, 0) is 40.0 Å². The summed E-state index contributed by atoms with van der Waals surface area (Å²) in [6, 6.07) is 5.08. The molecule has 0 saturated carbocycles. The lowest BCUT2D eigenvalue weighted by Crippen LogP contribution is -2.41. The Balaban J connectivity index is 2.01. The maximum Gasteiger partial charge on any atom is 0.494 e. The van der Waals surface area contributed by atoms with Gasteiger partial charge in [-0.2, -0.15) is 23.5 Å². The lowest BCUT2D eigenvalue weighted by molar-refractivity contribution is -0.164. The molecule has 1 unspecified atom stereocenters. The van der Waals surface area contributed by atoms with Crippen molar-refractivity contribution in [1.82, 2.24) is 9.78 Å². The topological polar surface area (TPSA) is 86.1 Å². The molecule has 1 aliphatic heterocycles. The van der Waals surface area contributed by atoms with Gasteiger partial charge in [-0.3, -0.25) is 0 Å². The second kappa shape index (κ2) is 6.78. The first-order chi connectivity index (χ1) is 14.5. The van der Waals surface area contributed by atoms with Crippen molar-refractivity contribution in [2.24, 2.45) is 0 Å². The molecule has 10 heteroatoms. The molecule has 1 aromatic carbocycles. The Morgan fingerprint density at radius 2 is 1.76 bits per heavy atom. The summed E-state index contributed by atoms with van der Waals surface area (Å²) in [5.41, 5.74) is 5.07. The molecule has 0 spiro atoms. The van der Waals surface area contributed by atoms with Crippen LogP contribution in [0.5, 0.6) is 0 Å². The van der Waals surface area contributed by atoms with Crippen LogP contribution in [0.1, 0.15) is 50.3 Å². The summed E-state index contributed by atoms with van der Waals surface area (Å²) in [6.45, 7) is 4.13. The fourth-order valence-corrected chi connectivity index (χ4v) is 2.87. The normalized spacial score (nSPS) is 21.2. The standard InChI is InChI=1S/C19H22BF3N4O2/c1-11(19(21,22)23)27-16(25)14(10-24)15(26-27)12-6-8-13(9-7-12)20-28-17(2,3)18(4,5)29-20/h6-9,11H,25H2,1-5H3/i1D3. The van der Waals surface area contributed by atoms with Crippen LogP contribution in [0.25, 0.3) is 11.3 Å². The van der Waals surface area contributed by atoms with E-state index in [0.717, 1.165) is 0 Å². The molecule has 2 N–H and O–H groups in total. The first-order valence-electron chi connectivity index (χ1n) is 10.3. The number of alkyl halides is 3. The number of benzene rings is 1. The Morgan fingerprint density at radius 1 is 1.21 bits per heavy atom. The van der Waals surface area contributed by atoms with Crippen LogP contribution in [0.3, 0.4) is 0 Å². The molecule has 6 nitrogen and oxygen atoms in total. The van der Waals surface area contributed by atoms with Crippen molar-refractivity contribution in [3.05, 3.63) is 29.8 Å². The molecule has 1 atom stereocenters. The Morgan fingerprint density at radius 3 is 2.21 bits per heavy atom. The molecule has 1 aromatic heterocycles. The number of nitriles is 1. The highest BCUT2D eigenvalue weighted by molar-refractivity contribution is 6.62. The number of nitrogens with zero attached hydrogens (tertiary/aromatic N) is 3. The number of hydrogen-bond donors (Lipinski definition) is 1. The first-order valence-corrected chi connectivity index (χ1v) is 8.80. The van der Waals surface area contributed by atoms with Crippen molar-refractivity contribution in [1.29, 1.82) is 5.26 Å². The largest absolute Gasteiger partial charge is 0.494 e. The van der Waals surface area contributed by atoms with E-state index in [1.165, 1.54) is 12.1 Å². The average molecular weight is 409 g/mol. The van der Waals surface area contributed by atoms with Gasteiger partial charge in [-0.25, -0.2) is 4.68 Å². The Bertz CT molecular complexity index is 1030. The average Bonchev–Trinajstić information content (AvgIpc) is 3.05. The molecule has 3 rings (SSSR count). The van der Waals surface area contributed by atoms with Crippen molar-refractivity contribution in [3.8, 4) is 17.3 Å². The molecule has 1 fully saturated rings. The summed E-state index contributed by atoms with van der Waals surface area (Å²) in [7, 11) is -0.655. The van der Waals surface area contributed by atoms with Crippen molar-refractivity contribution >= 4 is 18.4 Å². The van der Waals surface area contributed by atoms with Gasteiger partial charge < -0.3 is 15.0 Å². The van der Waals surface area contributed by atoms with Crippen LogP contribution in [0.2, 0.25) is 0 Å². The number of aromatic nitrogens is 2. The fourth-order valence-electron chi connectivity index (χ4n) is 2.87. The summed E-state index contributed by atoms with van der Waals surface area (Å²) in [5.74, 6) is -0.670. The van der Waals surface area contributed by atoms with E-state index in [1.807, 2.05) is 27.7 Å². The smallest absolute Gasteiger partial charge is 0.399 e. The number of nitrogen functional groups attached to an aromatic ring is 1. The minimum atomic E-state index is -5.16. The Labute approximate surface area is 171 Å². The van der Waals surface area contributed by atoms with E-state index in [2.05, 4.69) is 5.10 Å². The van der Waals surface area contributed by atoms with Gasteiger partial charge in [-0.1, -0.05) is 24.3 Å². The van der Waals surface area contributed by atoms with Crippen molar-refractivity contribution in [2.45, 2.75) is 58.0 Å². The van der Waals surface area contributed by atoms with E-state index in [1.54, 1.807) is 18.2 Å². The maximum absolute atomic E-state index is 13.5. The molecule has 1 saturated heterocycles. The van der Waals surface area contributed by atoms with Crippen LogP contribution >= 0.6 is 0 Å². The molecule has 0 radical (unpaired) electrons. The van der Waals surface area contributed by atoms with Gasteiger partial charge in [-0.15, -0.1) is 0 Å². The monoisotopic (exact) mass is 409 g/mol. The van der Waals surface area contributed by atoms with E-state index in [9.17, 15) is 18.4 Å². The van der Waals surface area contributed by atoms with Crippen LogP contribution in [0.15, 0.2) is 24.3 Å². The van der Waals surface area contributed by atoms with Crippen LogP contribution < -0.4 is 11.2 Å². The van der Waals surface area contributed by atoms with Gasteiger partial charge >= 0.3 is 13.3 Å². The highest BCUT2D eigenvalue weighted by Crippen LogP contribution is 2.37. The maximum atomic E-state index is 13.5. The summed E-state index contributed by atoms with van der Waals surface area (Å²) < 4.78 is 74.5. The minimum Gasteiger partial charge on any atom is -0.399 e. The fraction of sp³-hybridized carbons (Fsp3) is 0.474. The number of halogens is 3. The van der Waals surface area contributed by atoms with E-state index in [-0.39, 0.29) is 15.9 Å². The third kappa shape index (κ3) is 3.60. The summed E-state index contributed by atoms with van der Waals surface area (Å²) >= 11 is 0. The van der Waals surface area contributed by atoms with Gasteiger partial charge in [0.05, 0.1) is 11.2 Å².